The molecule has 0 aromatic heterocycles. The Hall–Kier alpha value is -0.120. The van der Waals surface area contributed by atoms with Crippen LogP contribution in [-0.4, -0.2) is 37.5 Å². The van der Waals surface area contributed by atoms with Gasteiger partial charge in [0.25, 0.3) is 0 Å². The van der Waals surface area contributed by atoms with Crippen LogP contribution in [0, 0.1) is 5.41 Å². The van der Waals surface area contributed by atoms with Crippen LogP contribution in [0.5, 0.6) is 0 Å². The van der Waals surface area contributed by atoms with Crippen molar-refractivity contribution in [3.05, 3.63) is 0 Å². The minimum Gasteiger partial charge on any atom is -0.396 e. The van der Waals surface area contributed by atoms with Gasteiger partial charge < -0.3 is 15.2 Å². The maximum Gasteiger partial charge on any atom is 0.0480 e. The van der Waals surface area contributed by atoms with E-state index < -0.39 is 0 Å². The van der Waals surface area contributed by atoms with E-state index in [0.717, 1.165) is 39.0 Å². The van der Waals surface area contributed by atoms with Gasteiger partial charge in [0.2, 0.25) is 0 Å². The smallest absolute Gasteiger partial charge is 0.0480 e. The Morgan fingerprint density at radius 2 is 2.00 bits per heavy atom. The molecule has 1 heterocycles. The van der Waals surface area contributed by atoms with Crippen LogP contribution in [0.1, 0.15) is 32.1 Å². The molecule has 82 valence electrons. The third-order valence-corrected chi connectivity index (χ3v) is 3.59. The molecule has 0 spiro atoms. The van der Waals surface area contributed by atoms with Gasteiger partial charge in [-0.15, -0.1) is 0 Å². The topological polar surface area (TPSA) is 41.5 Å². The van der Waals surface area contributed by atoms with Gasteiger partial charge in [-0.2, -0.15) is 0 Å². The second kappa shape index (κ2) is 4.60. The SMILES string of the molecule is OCCC1(CNC2CCOCC2)CC1. The number of aliphatic hydroxyl groups excluding tert-OH is 1. The molecule has 2 fully saturated rings. The van der Waals surface area contributed by atoms with Crippen molar-refractivity contribution in [2.24, 2.45) is 5.41 Å². The minimum absolute atomic E-state index is 0.343. The van der Waals surface area contributed by atoms with E-state index in [-0.39, 0.29) is 0 Å². The molecule has 1 saturated heterocycles. The van der Waals surface area contributed by atoms with Crippen LogP contribution in [0.3, 0.4) is 0 Å². The second-order valence-corrected chi connectivity index (χ2v) is 4.74. The maximum absolute atomic E-state index is 8.93. The summed E-state index contributed by atoms with van der Waals surface area (Å²) in [5.41, 5.74) is 0.451. The second-order valence-electron chi connectivity index (χ2n) is 4.74. The van der Waals surface area contributed by atoms with E-state index in [1.165, 1.54) is 12.8 Å². The first-order valence-electron chi connectivity index (χ1n) is 5.77. The predicted molar refractivity (Wildman–Crippen MR) is 55.2 cm³/mol. The molecule has 2 aliphatic rings. The standard InChI is InChI=1S/C11H21NO2/c13-6-5-11(3-4-11)9-12-10-1-7-14-8-2-10/h10,12-13H,1-9H2. The summed E-state index contributed by atoms with van der Waals surface area (Å²) in [5, 5.41) is 12.5. The van der Waals surface area contributed by atoms with Crippen molar-refractivity contribution in [2.45, 2.75) is 38.1 Å². The van der Waals surface area contributed by atoms with Gasteiger partial charge in [0.15, 0.2) is 0 Å². The van der Waals surface area contributed by atoms with E-state index in [4.69, 9.17) is 9.84 Å². The van der Waals surface area contributed by atoms with Crippen LogP contribution in [0.2, 0.25) is 0 Å². The van der Waals surface area contributed by atoms with Crippen LogP contribution in [0.4, 0.5) is 0 Å². The maximum atomic E-state index is 8.93. The van der Waals surface area contributed by atoms with Crippen LogP contribution < -0.4 is 5.32 Å². The zero-order chi connectivity index (χ0) is 9.86. The molecule has 0 aromatic carbocycles. The largest absolute Gasteiger partial charge is 0.396 e. The summed E-state index contributed by atoms with van der Waals surface area (Å²) in [5.74, 6) is 0. The highest BCUT2D eigenvalue weighted by Crippen LogP contribution is 2.48. The Morgan fingerprint density at radius 1 is 1.29 bits per heavy atom. The van der Waals surface area contributed by atoms with Gasteiger partial charge in [-0.3, -0.25) is 0 Å². The Bertz CT molecular complexity index is 174. The number of hydrogen-bond acceptors (Lipinski definition) is 3. The summed E-state index contributed by atoms with van der Waals surface area (Å²) in [6, 6.07) is 0.653. The van der Waals surface area contributed by atoms with E-state index in [9.17, 15) is 0 Å². The fourth-order valence-electron chi connectivity index (χ4n) is 2.19. The number of rotatable bonds is 5. The Morgan fingerprint density at radius 3 is 2.57 bits per heavy atom. The van der Waals surface area contributed by atoms with Gasteiger partial charge in [0, 0.05) is 32.4 Å². The number of ether oxygens (including phenoxy) is 1. The molecule has 3 nitrogen and oxygen atoms in total. The van der Waals surface area contributed by atoms with Crippen LogP contribution in [0.15, 0.2) is 0 Å². The predicted octanol–water partition coefficient (Wildman–Crippen LogP) is 0.918. The van der Waals surface area contributed by atoms with Crippen molar-refractivity contribution in [3.63, 3.8) is 0 Å². The molecule has 0 aromatic rings. The average molecular weight is 199 g/mol. The highest BCUT2D eigenvalue weighted by Gasteiger charge is 2.41. The van der Waals surface area contributed by atoms with Crippen molar-refractivity contribution in [2.75, 3.05) is 26.4 Å². The van der Waals surface area contributed by atoms with E-state index in [0.29, 0.717) is 18.1 Å². The van der Waals surface area contributed by atoms with Gasteiger partial charge in [-0.05, 0) is 37.5 Å². The fraction of sp³-hybridized carbons (Fsp3) is 1.00. The summed E-state index contributed by atoms with van der Waals surface area (Å²) < 4.78 is 5.31. The molecule has 0 unspecified atom stereocenters. The lowest BCUT2D eigenvalue weighted by Gasteiger charge is -2.25. The summed E-state index contributed by atoms with van der Waals surface area (Å²) in [7, 11) is 0. The molecule has 2 N–H and O–H groups in total. The Balaban J connectivity index is 1.65. The number of nitrogens with one attached hydrogen (secondary N) is 1. The molecule has 3 heteroatoms. The molecule has 1 aliphatic heterocycles. The normalized spacial score (nSPS) is 26.4. The lowest BCUT2D eigenvalue weighted by Crippen LogP contribution is -2.38. The highest BCUT2D eigenvalue weighted by molar-refractivity contribution is 4.95. The molecule has 1 aliphatic carbocycles. The number of aliphatic hydroxyl groups is 1. The van der Waals surface area contributed by atoms with Gasteiger partial charge in [0.1, 0.15) is 0 Å². The zero-order valence-corrected chi connectivity index (χ0v) is 8.80. The zero-order valence-electron chi connectivity index (χ0n) is 8.80. The molecule has 14 heavy (non-hydrogen) atoms. The van der Waals surface area contributed by atoms with Crippen molar-refractivity contribution >= 4 is 0 Å². The van der Waals surface area contributed by atoms with Crippen LogP contribution in [-0.2, 0) is 4.74 Å². The van der Waals surface area contributed by atoms with Crippen molar-refractivity contribution in [3.8, 4) is 0 Å². The summed E-state index contributed by atoms with van der Waals surface area (Å²) >= 11 is 0. The number of hydrogen-bond donors (Lipinski definition) is 2. The van der Waals surface area contributed by atoms with E-state index in [1.807, 2.05) is 0 Å². The molecule has 1 saturated carbocycles. The lowest BCUT2D eigenvalue weighted by atomic mass is 10.0. The van der Waals surface area contributed by atoms with Gasteiger partial charge in [0.05, 0.1) is 0 Å². The van der Waals surface area contributed by atoms with Gasteiger partial charge in [-0.1, -0.05) is 0 Å². The first kappa shape index (κ1) is 10.4. The first-order valence-corrected chi connectivity index (χ1v) is 5.77. The molecular formula is C11H21NO2. The fourth-order valence-corrected chi connectivity index (χ4v) is 2.19. The van der Waals surface area contributed by atoms with Crippen molar-refractivity contribution in [1.29, 1.82) is 0 Å². The summed E-state index contributed by atoms with van der Waals surface area (Å²) in [6.07, 6.45) is 5.86. The average Bonchev–Trinajstić information content (AvgIpc) is 2.98. The minimum atomic E-state index is 0.343. The molecule has 0 bridgehead atoms. The Kier molecular flexibility index (Phi) is 3.42. The van der Waals surface area contributed by atoms with Crippen LogP contribution >= 0.6 is 0 Å². The van der Waals surface area contributed by atoms with E-state index in [2.05, 4.69) is 5.32 Å². The molecule has 2 rings (SSSR count). The van der Waals surface area contributed by atoms with Crippen molar-refractivity contribution < 1.29 is 9.84 Å². The molecule has 0 atom stereocenters. The third-order valence-electron chi connectivity index (χ3n) is 3.59. The van der Waals surface area contributed by atoms with Gasteiger partial charge >= 0.3 is 0 Å². The monoisotopic (exact) mass is 199 g/mol. The summed E-state index contributed by atoms with van der Waals surface area (Å²) in [4.78, 5) is 0. The highest BCUT2D eigenvalue weighted by atomic mass is 16.5. The first-order chi connectivity index (χ1) is 6.85. The molecule has 0 amide bonds. The van der Waals surface area contributed by atoms with E-state index in [1.54, 1.807) is 0 Å². The Labute approximate surface area is 85.8 Å². The quantitative estimate of drug-likeness (QED) is 0.692. The third kappa shape index (κ3) is 2.69. The van der Waals surface area contributed by atoms with Crippen molar-refractivity contribution in [1.82, 2.24) is 5.32 Å². The lowest BCUT2D eigenvalue weighted by molar-refractivity contribution is 0.0759. The molecular weight excluding hydrogens is 178 g/mol. The van der Waals surface area contributed by atoms with E-state index >= 15 is 0 Å². The molecule has 0 radical (unpaired) electrons. The summed E-state index contributed by atoms with van der Waals surface area (Å²) in [6.45, 7) is 3.25. The van der Waals surface area contributed by atoms with Gasteiger partial charge in [-0.25, -0.2) is 0 Å². The van der Waals surface area contributed by atoms with Crippen LogP contribution in [0.25, 0.3) is 0 Å².